The molecule has 1 aromatic carbocycles. The standard InChI is InChI=1S/C18H14BrN3O3S/c1-11-17(24)22(13-6-4-12(19)5-7-13)18(26-11)15(9-20)16(23)21-10-14-3-2-8-25-14/h2-8,11H,10H2,1H3,(H,21,23)/b18-15-/t11-/m0/s1. The SMILES string of the molecule is C[C@@H]1S/C(=C(/C#N)C(=O)NCc2ccco2)N(c2ccc(Br)cc2)C1=O. The second-order valence-corrected chi connectivity index (χ2v) is 7.71. The van der Waals surface area contributed by atoms with Crippen molar-refractivity contribution in [3.05, 3.63) is 63.5 Å². The Bertz CT molecular complexity index is 901. The summed E-state index contributed by atoms with van der Waals surface area (Å²) in [6, 6.07) is 12.5. The van der Waals surface area contributed by atoms with Crippen LogP contribution >= 0.6 is 27.7 Å². The quantitative estimate of drug-likeness (QED) is 0.590. The van der Waals surface area contributed by atoms with Gasteiger partial charge in [-0.2, -0.15) is 5.26 Å². The van der Waals surface area contributed by atoms with Crippen molar-refractivity contribution in [2.45, 2.75) is 18.7 Å². The van der Waals surface area contributed by atoms with Crippen molar-refractivity contribution >= 4 is 45.2 Å². The molecule has 1 N–H and O–H groups in total. The minimum Gasteiger partial charge on any atom is -0.467 e. The third-order valence-electron chi connectivity index (χ3n) is 3.70. The van der Waals surface area contributed by atoms with Gasteiger partial charge in [0.25, 0.3) is 5.91 Å². The fraction of sp³-hybridized carbons (Fsp3) is 0.167. The first kappa shape index (κ1) is 18.3. The predicted molar refractivity (Wildman–Crippen MR) is 102 cm³/mol. The molecule has 26 heavy (non-hydrogen) atoms. The van der Waals surface area contributed by atoms with Crippen LogP contribution in [0, 0.1) is 11.3 Å². The zero-order valence-electron chi connectivity index (χ0n) is 13.7. The Balaban J connectivity index is 1.92. The smallest absolute Gasteiger partial charge is 0.265 e. The molecule has 1 saturated heterocycles. The number of hydrogen-bond donors (Lipinski definition) is 1. The van der Waals surface area contributed by atoms with Crippen LogP contribution in [0.5, 0.6) is 0 Å². The maximum atomic E-state index is 12.6. The molecule has 6 nitrogen and oxygen atoms in total. The molecule has 2 aromatic rings. The zero-order chi connectivity index (χ0) is 18.7. The predicted octanol–water partition coefficient (Wildman–Crippen LogP) is 3.56. The first-order chi connectivity index (χ1) is 12.5. The molecule has 0 radical (unpaired) electrons. The molecule has 0 spiro atoms. The summed E-state index contributed by atoms with van der Waals surface area (Å²) in [5.41, 5.74) is 0.513. The van der Waals surface area contributed by atoms with E-state index in [4.69, 9.17) is 4.42 Å². The van der Waals surface area contributed by atoms with Gasteiger partial charge in [-0.1, -0.05) is 27.7 Å². The lowest BCUT2D eigenvalue weighted by atomic mass is 10.2. The molecule has 1 aromatic heterocycles. The number of amides is 2. The molecule has 0 unspecified atom stereocenters. The third-order valence-corrected chi connectivity index (χ3v) is 5.39. The van der Waals surface area contributed by atoms with Crippen molar-refractivity contribution in [1.82, 2.24) is 5.32 Å². The fourth-order valence-electron chi connectivity index (χ4n) is 2.42. The van der Waals surface area contributed by atoms with E-state index in [2.05, 4.69) is 21.2 Å². The van der Waals surface area contributed by atoms with Crippen LogP contribution in [0.2, 0.25) is 0 Å². The largest absolute Gasteiger partial charge is 0.467 e. The highest BCUT2D eigenvalue weighted by molar-refractivity contribution is 9.10. The average Bonchev–Trinajstić information content (AvgIpc) is 3.24. The molecule has 1 aliphatic heterocycles. The number of rotatable bonds is 4. The molecule has 2 amide bonds. The van der Waals surface area contributed by atoms with Crippen LogP contribution in [0.4, 0.5) is 5.69 Å². The van der Waals surface area contributed by atoms with Crippen molar-refractivity contribution < 1.29 is 14.0 Å². The summed E-state index contributed by atoms with van der Waals surface area (Å²) in [6.07, 6.45) is 1.51. The Labute approximate surface area is 163 Å². The van der Waals surface area contributed by atoms with Crippen LogP contribution in [-0.2, 0) is 16.1 Å². The van der Waals surface area contributed by atoms with Gasteiger partial charge in [0.1, 0.15) is 22.4 Å². The summed E-state index contributed by atoms with van der Waals surface area (Å²) in [5.74, 6) is -0.136. The molecule has 1 aliphatic rings. The Kier molecular flexibility index (Phi) is 5.49. The first-order valence-electron chi connectivity index (χ1n) is 7.72. The topological polar surface area (TPSA) is 86.3 Å². The van der Waals surface area contributed by atoms with Crippen LogP contribution in [0.1, 0.15) is 12.7 Å². The van der Waals surface area contributed by atoms with E-state index in [1.54, 1.807) is 43.3 Å². The van der Waals surface area contributed by atoms with Gasteiger partial charge in [0.2, 0.25) is 5.91 Å². The van der Waals surface area contributed by atoms with Crippen LogP contribution in [0.3, 0.4) is 0 Å². The van der Waals surface area contributed by atoms with Gasteiger partial charge in [-0.15, -0.1) is 0 Å². The van der Waals surface area contributed by atoms with Crippen molar-refractivity contribution in [3.8, 4) is 6.07 Å². The maximum Gasteiger partial charge on any atom is 0.265 e. The maximum absolute atomic E-state index is 12.6. The minimum atomic E-state index is -0.546. The number of nitrogens with zero attached hydrogens (tertiary/aromatic N) is 2. The first-order valence-corrected chi connectivity index (χ1v) is 9.39. The van der Waals surface area contributed by atoms with Gasteiger partial charge in [0.05, 0.1) is 18.1 Å². The lowest BCUT2D eigenvalue weighted by molar-refractivity contribution is -0.117. The van der Waals surface area contributed by atoms with Gasteiger partial charge in [0.15, 0.2) is 0 Å². The summed E-state index contributed by atoms with van der Waals surface area (Å²) in [7, 11) is 0. The molecule has 3 rings (SSSR count). The van der Waals surface area contributed by atoms with Crippen LogP contribution in [0.25, 0.3) is 0 Å². The Morgan fingerprint density at radius 3 is 2.73 bits per heavy atom. The number of nitrogens with one attached hydrogen (secondary N) is 1. The van der Waals surface area contributed by atoms with E-state index in [9.17, 15) is 14.9 Å². The van der Waals surface area contributed by atoms with Gasteiger partial charge in [-0.25, -0.2) is 0 Å². The van der Waals surface area contributed by atoms with Gasteiger partial charge in [0, 0.05) is 10.2 Å². The van der Waals surface area contributed by atoms with E-state index in [0.717, 1.165) is 4.47 Å². The molecule has 132 valence electrons. The number of furan rings is 1. The molecule has 0 aliphatic carbocycles. The Morgan fingerprint density at radius 2 is 2.12 bits per heavy atom. The number of anilines is 1. The van der Waals surface area contributed by atoms with E-state index in [0.29, 0.717) is 16.5 Å². The molecule has 0 saturated carbocycles. The Morgan fingerprint density at radius 1 is 1.38 bits per heavy atom. The normalized spacial score (nSPS) is 18.6. The van der Waals surface area contributed by atoms with E-state index >= 15 is 0 Å². The van der Waals surface area contributed by atoms with Crippen LogP contribution < -0.4 is 10.2 Å². The van der Waals surface area contributed by atoms with Crippen molar-refractivity contribution in [3.63, 3.8) is 0 Å². The highest BCUT2D eigenvalue weighted by Crippen LogP contribution is 2.40. The number of nitriles is 1. The lowest BCUT2D eigenvalue weighted by Gasteiger charge is -2.18. The summed E-state index contributed by atoms with van der Waals surface area (Å²) in [6.45, 7) is 1.92. The van der Waals surface area contributed by atoms with E-state index in [1.807, 2.05) is 6.07 Å². The van der Waals surface area contributed by atoms with Crippen molar-refractivity contribution in [2.75, 3.05) is 4.90 Å². The van der Waals surface area contributed by atoms with Crippen LogP contribution in [0.15, 0.2) is 62.2 Å². The summed E-state index contributed by atoms with van der Waals surface area (Å²) >= 11 is 4.56. The van der Waals surface area contributed by atoms with E-state index in [1.165, 1.54) is 22.9 Å². The monoisotopic (exact) mass is 431 g/mol. The minimum absolute atomic E-state index is 0.0952. The number of carbonyl (C=O) groups excluding carboxylic acids is 2. The second kappa shape index (κ2) is 7.81. The van der Waals surface area contributed by atoms with Crippen molar-refractivity contribution in [2.24, 2.45) is 0 Å². The second-order valence-electron chi connectivity index (χ2n) is 5.46. The zero-order valence-corrected chi connectivity index (χ0v) is 16.1. The molecule has 0 bridgehead atoms. The van der Waals surface area contributed by atoms with Crippen molar-refractivity contribution in [1.29, 1.82) is 5.26 Å². The molecule has 2 heterocycles. The van der Waals surface area contributed by atoms with Gasteiger partial charge >= 0.3 is 0 Å². The number of carbonyl (C=O) groups is 2. The summed E-state index contributed by atoms with van der Waals surface area (Å²) in [4.78, 5) is 26.5. The number of thioether (sulfide) groups is 1. The number of halogens is 1. The third kappa shape index (κ3) is 3.69. The van der Waals surface area contributed by atoms with E-state index in [-0.39, 0.29) is 23.3 Å². The molecular weight excluding hydrogens is 418 g/mol. The van der Waals surface area contributed by atoms with E-state index < -0.39 is 5.91 Å². The molecular formula is C18H14BrN3O3S. The highest BCUT2D eigenvalue weighted by Gasteiger charge is 2.38. The molecule has 1 atom stereocenters. The summed E-state index contributed by atoms with van der Waals surface area (Å²) < 4.78 is 6.04. The number of benzene rings is 1. The number of hydrogen-bond acceptors (Lipinski definition) is 5. The molecule has 8 heteroatoms. The molecule has 1 fully saturated rings. The van der Waals surface area contributed by atoms with Crippen LogP contribution in [-0.4, -0.2) is 17.1 Å². The average molecular weight is 432 g/mol. The Hall–Kier alpha value is -2.50. The highest BCUT2D eigenvalue weighted by atomic mass is 79.9. The fourth-order valence-corrected chi connectivity index (χ4v) is 3.78. The summed E-state index contributed by atoms with van der Waals surface area (Å²) in [5, 5.41) is 12.2. The lowest BCUT2D eigenvalue weighted by Crippen LogP contribution is -2.30. The van der Waals surface area contributed by atoms with Gasteiger partial charge in [-0.05, 0) is 43.3 Å². The van der Waals surface area contributed by atoms with Gasteiger partial charge < -0.3 is 9.73 Å². The van der Waals surface area contributed by atoms with Gasteiger partial charge in [-0.3, -0.25) is 14.5 Å².